The molecule has 0 radical (unpaired) electrons. The number of allylic oxidation sites excluding steroid dienone is 1. The summed E-state index contributed by atoms with van der Waals surface area (Å²) < 4.78 is 14.4. The summed E-state index contributed by atoms with van der Waals surface area (Å²) in [4.78, 5) is 12.7. The van der Waals surface area contributed by atoms with E-state index in [0.29, 0.717) is 35.0 Å². The summed E-state index contributed by atoms with van der Waals surface area (Å²) in [6.45, 7) is 8.87. The number of amides is 1. The van der Waals surface area contributed by atoms with Crippen LogP contribution >= 0.6 is 46.0 Å². The molecule has 1 unspecified atom stereocenters. The third kappa shape index (κ3) is 8.12. The number of nitrogens with zero attached hydrogens (tertiary/aromatic N) is 4. The number of rotatable bonds is 13. The second-order valence-electron chi connectivity index (χ2n) is 8.63. The van der Waals surface area contributed by atoms with Crippen molar-refractivity contribution in [2.24, 2.45) is 5.10 Å². The van der Waals surface area contributed by atoms with Crippen LogP contribution in [0.5, 0.6) is 5.95 Å². The number of ether oxygens (including phenoxy) is 1. The number of aryl methyl sites for hydroxylation is 1. The van der Waals surface area contributed by atoms with Gasteiger partial charge in [-0.3, -0.25) is 4.79 Å². The van der Waals surface area contributed by atoms with Crippen molar-refractivity contribution in [3.8, 4) is 5.95 Å². The number of carbonyl (C=O) groups is 1. The lowest BCUT2D eigenvalue weighted by Crippen LogP contribution is -2.27. The Balaban J connectivity index is 1.29. The summed E-state index contributed by atoms with van der Waals surface area (Å²) in [7, 11) is 0. The lowest BCUT2D eigenvalue weighted by atomic mass is 10.1. The van der Waals surface area contributed by atoms with Gasteiger partial charge in [0.1, 0.15) is 6.61 Å². The number of anilines is 1. The van der Waals surface area contributed by atoms with E-state index in [-0.39, 0.29) is 12.5 Å². The van der Waals surface area contributed by atoms with Crippen LogP contribution < -0.4 is 15.5 Å². The zero-order valence-electron chi connectivity index (χ0n) is 21.9. The first-order valence-corrected chi connectivity index (χ1v) is 14.7. The fraction of sp³-hybridized carbons (Fsp3) is 0.214. The number of benzene rings is 2. The highest BCUT2D eigenvalue weighted by Gasteiger charge is 2.20. The summed E-state index contributed by atoms with van der Waals surface area (Å²) in [6.07, 6.45) is 3.19. The molecule has 1 amide bonds. The highest BCUT2D eigenvalue weighted by molar-refractivity contribution is 14.1. The van der Waals surface area contributed by atoms with Crippen LogP contribution in [0.2, 0.25) is 5.02 Å². The maximum atomic E-state index is 12.7. The molecule has 4 rings (SSSR count). The molecule has 208 valence electrons. The molecule has 0 saturated carbocycles. The van der Waals surface area contributed by atoms with Gasteiger partial charge in [0.15, 0.2) is 16.7 Å². The van der Waals surface area contributed by atoms with Crippen LogP contribution in [0.25, 0.3) is 0 Å². The Morgan fingerprint density at radius 1 is 1.25 bits per heavy atom. The molecule has 0 spiro atoms. The van der Waals surface area contributed by atoms with Gasteiger partial charge in [-0.15, -0.1) is 16.8 Å². The van der Waals surface area contributed by atoms with E-state index in [1.807, 2.05) is 54.0 Å². The van der Waals surface area contributed by atoms with Gasteiger partial charge >= 0.3 is 0 Å². The van der Waals surface area contributed by atoms with E-state index >= 15 is 0 Å². The van der Waals surface area contributed by atoms with E-state index in [0.717, 1.165) is 26.2 Å². The highest BCUT2D eigenvalue weighted by Crippen LogP contribution is 2.24. The summed E-state index contributed by atoms with van der Waals surface area (Å²) >= 11 is 9.81. The van der Waals surface area contributed by atoms with Gasteiger partial charge < -0.3 is 19.0 Å². The van der Waals surface area contributed by atoms with E-state index in [1.165, 1.54) is 18.0 Å². The minimum Gasteiger partial charge on any atom is -0.460 e. The number of furan rings is 1. The van der Waals surface area contributed by atoms with E-state index in [2.05, 4.69) is 55.2 Å². The quantitative estimate of drug-likeness (QED) is 0.0547. The van der Waals surface area contributed by atoms with Gasteiger partial charge in [-0.1, -0.05) is 41.6 Å². The first-order chi connectivity index (χ1) is 19.3. The third-order valence-electron chi connectivity index (χ3n) is 5.73. The number of aromatic nitrogens is 3. The SMILES string of the molecule is C=CCn1c(CNc2ccc(I)cc2)nnc1SC(C)C(=O)N/N=C/c1ccc(OCc2c(C)cccc2Cl)o1. The highest BCUT2D eigenvalue weighted by atomic mass is 127. The average molecular weight is 691 g/mol. The first-order valence-electron chi connectivity index (χ1n) is 12.3. The molecule has 0 aliphatic heterocycles. The maximum absolute atomic E-state index is 12.7. The lowest BCUT2D eigenvalue weighted by Gasteiger charge is -2.12. The number of hydrazone groups is 1. The molecule has 9 nitrogen and oxygen atoms in total. The summed E-state index contributed by atoms with van der Waals surface area (Å²) in [5.41, 5.74) is 5.46. The number of hydrogen-bond acceptors (Lipinski definition) is 8. The lowest BCUT2D eigenvalue weighted by molar-refractivity contribution is -0.120. The number of thioether (sulfide) groups is 1. The zero-order valence-corrected chi connectivity index (χ0v) is 25.7. The summed E-state index contributed by atoms with van der Waals surface area (Å²) in [5.74, 6) is 1.21. The number of nitrogens with one attached hydrogen (secondary N) is 2. The molecule has 0 bridgehead atoms. The molecule has 0 aliphatic carbocycles. The van der Waals surface area contributed by atoms with Gasteiger partial charge in [0.25, 0.3) is 11.9 Å². The molecule has 0 fully saturated rings. The van der Waals surface area contributed by atoms with E-state index in [1.54, 1.807) is 25.1 Å². The van der Waals surface area contributed by atoms with Crippen LogP contribution in [0, 0.1) is 10.5 Å². The van der Waals surface area contributed by atoms with Gasteiger partial charge in [-0.25, -0.2) is 5.43 Å². The second-order valence-corrected chi connectivity index (χ2v) is 11.6. The second kappa shape index (κ2) is 14.4. The first kappa shape index (κ1) is 29.7. The largest absolute Gasteiger partial charge is 0.460 e. The predicted octanol–water partition coefficient (Wildman–Crippen LogP) is 6.45. The summed E-state index contributed by atoms with van der Waals surface area (Å²) in [6, 6.07) is 17.2. The fourth-order valence-corrected chi connectivity index (χ4v) is 5.04. The number of carbonyl (C=O) groups excluding carboxylic acids is 1. The Hall–Kier alpha value is -3.29. The molecule has 2 aromatic carbocycles. The molecule has 40 heavy (non-hydrogen) atoms. The zero-order chi connectivity index (χ0) is 28.5. The van der Waals surface area contributed by atoms with Gasteiger partial charge in [0.05, 0.1) is 18.0 Å². The third-order valence-corrected chi connectivity index (χ3v) is 7.89. The molecule has 4 aromatic rings. The average Bonchev–Trinajstić information content (AvgIpc) is 3.55. The van der Waals surface area contributed by atoms with Gasteiger partial charge in [0, 0.05) is 32.5 Å². The molecule has 12 heteroatoms. The van der Waals surface area contributed by atoms with Crippen molar-refractivity contribution in [3.63, 3.8) is 0 Å². The van der Waals surface area contributed by atoms with Crippen LogP contribution in [0.15, 0.2) is 81.9 Å². The Kier molecular flexibility index (Phi) is 10.7. The van der Waals surface area contributed by atoms with Crippen molar-refractivity contribution < 1.29 is 13.9 Å². The van der Waals surface area contributed by atoms with Crippen LogP contribution in [-0.4, -0.2) is 32.1 Å². The minimum absolute atomic E-state index is 0.279. The Morgan fingerprint density at radius 2 is 2.05 bits per heavy atom. The molecular formula is C28H28ClIN6O3S. The molecule has 2 heterocycles. The smallest absolute Gasteiger partial charge is 0.285 e. The minimum atomic E-state index is -0.476. The van der Waals surface area contributed by atoms with Crippen LogP contribution in [-0.2, 0) is 24.5 Å². The van der Waals surface area contributed by atoms with Crippen molar-refractivity contribution >= 4 is 63.8 Å². The van der Waals surface area contributed by atoms with Crippen molar-refractivity contribution in [2.75, 3.05) is 5.32 Å². The Bertz CT molecular complexity index is 1470. The monoisotopic (exact) mass is 690 g/mol. The van der Waals surface area contributed by atoms with Gasteiger partial charge in [-0.05, 0) is 78.4 Å². The predicted molar refractivity (Wildman–Crippen MR) is 167 cm³/mol. The summed E-state index contributed by atoms with van der Waals surface area (Å²) in [5, 5.41) is 16.8. The van der Waals surface area contributed by atoms with E-state index in [4.69, 9.17) is 20.8 Å². The van der Waals surface area contributed by atoms with Crippen molar-refractivity contribution in [1.29, 1.82) is 0 Å². The molecule has 1 atom stereocenters. The van der Waals surface area contributed by atoms with Crippen molar-refractivity contribution in [1.82, 2.24) is 20.2 Å². The number of halogens is 2. The molecule has 0 aliphatic rings. The van der Waals surface area contributed by atoms with Crippen molar-refractivity contribution in [2.45, 2.75) is 44.0 Å². The Morgan fingerprint density at radius 3 is 2.80 bits per heavy atom. The number of hydrogen-bond donors (Lipinski definition) is 2. The van der Waals surface area contributed by atoms with E-state index < -0.39 is 5.25 Å². The van der Waals surface area contributed by atoms with Crippen LogP contribution in [0.4, 0.5) is 5.69 Å². The standard InChI is InChI=1S/C28H28ClIN6O3S/c1-4-14-36-25(16-31-21-10-8-20(30)9-11-21)33-35-28(36)40-19(3)27(37)34-32-15-22-12-13-26(39-22)38-17-23-18(2)6-5-7-24(23)29/h4-13,15,19,31H,1,14,16-17H2,2-3H3,(H,34,37)/b32-15+. The molecular weight excluding hydrogens is 663 g/mol. The fourth-order valence-electron chi connectivity index (χ4n) is 3.53. The van der Waals surface area contributed by atoms with Crippen molar-refractivity contribution in [3.05, 3.63) is 98.6 Å². The van der Waals surface area contributed by atoms with Crippen LogP contribution in [0.3, 0.4) is 0 Å². The van der Waals surface area contributed by atoms with Crippen LogP contribution in [0.1, 0.15) is 29.6 Å². The molecule has 2 aromatic heterocycles. The topological polar surface area (TPSA) is 107 Å². The van der Waals surface area contributed by atoms with E-state index in [9.17, 15) is 4.79 Å². The Labute approximate surface area is 255 Å². The van der Waals surface area contributed by atoms with Gasteiger partial charge in [0.2, 0.25) is 0 Å². The molecule has 0 saturated heterocycles. The maximum Gasteiger partial charge on any atom is 0.285 e. The normalized spacial score (nSPS) is 11.9. The van der Waals surface area contributed by atoms with Gasteiger partial charge in [-0.2, -0.15) is 5.10 Å². The molecule has 2 N–H and O–H groups in total.